The molecule has 4 heteroatoms. The third-order valence-corrected chi connectivity index (χ3v) is 6.23. The zero-order valence-electron chi connectivity index (χ0n) is 16.7. The van der Waals surface area contributed by atoms with Crippen LogP contribution < -0.4 is 48.0 Å². The van der Waals surface area contributed by atoms with Crippen LogP contribution in [0, 0.1) is 11.8 Å². The van der Waals surface area contributed by atoms with Crippen LogP contribution >= 0.6 is 0 Å². The molecular formula is C20H42I2N2. The summed E-state index contributed by atoms with van der Waals surface area (Å²) in [5.41, 5.74) is 0. The normalized spacial score (nSPS) is 20.0. The predicted molar refractivity (Wildman–Crippen MR) is 96.8 cm³/mol. The van der Waals surface area contributed by atoms with Gasteiger partial charge >= 0.3 is 0 Å². The molecule has 0 bridgehead atoms. The lowest BCUT2D eigenvalue weighted by atomic mass is 10.1. The number of rotatable bonds is 9. The quantitative estimate of drug-likeness (QED) is 0.178. The van der Waals surface area contributed by atoms with E-state index in [2.05, 4.69) is 28.2 Å². The van der Waals surface area contributed by atoms with Crippen LogP contribution in [0.2, 0.25) is 0 Å². The van der Waals surface area contributed by atoms with E-state index >= 15 is 0 Å². The first kappa shape index (κ1) is 25.4. The number of halogens is 2. The first-order valence-electron chi connectivity index (χ1n) is 10.0. The third-order valence-electron chi connectivity index (χ3n) is 6.23. The van der Waals surface area contributed by atoms with Crippen LogP contribution in [0.25, 0.3) is 0 Å². The van der Waals surface area contributed by atoms with Gasteiger partial charge in [0.1, 0.15) is 0 Å². The van der Waals surface area contributed by atoms with E-state index < -0.39 is 0 Å². The van der Waals surface area contributed by atoms with Gasteiger partial charge in [-0.1, -0.05) is 25.7 Å². The SMILES string of the molecule is C[N+](C)(CCCC[N+](C)(C)CC1CCCC1)CC1CCCC1.[I-].[I-]. The summed E-state index contributed by atoms with van der Waals surface area (Å²) in [7, 11) is 9.82. The van der Waals surface area contributed by atoms with Crippen LogP contribution in [0.15, 0.2) is 0 Å². The first-order valence-corrected chi connectivity index (χ1v) is 10.0. The number of hydrogen-bond acceptors (Lipinski definition) is 0. The Kier molecular flexibility index (Phi) is 12.6. The zero-order chi connectivity index (χ0) is 16.1. The minimum absolute atomic E-state index is 0. The number of hydrogen-bond donors (Lipinski definition) is 0. The molecule has 24 heavy (non-hydrogen) atoms. The van der Waals surface area contributed by atoms with E-state index in [0.717, 1.165) is 11.8 Å². The topological polar surface area (TPSA) is 0 Å². The van der Waals surface area contributed by atoms with Crippen molar-refractivity contribution in [1.29, 1.82) is 0 Å². The Morgan fingerprint density at radius 1 is 0.583 bits per heavy atom. The van der Waals surface area contributed by atoms with Gasteiger partial charge in [0.15, 0.2) is 0 Å². The number of nitrogens with zero attached hydrogens (tertiary/aromatic N) is 2. The van der Waals surface area contributed by atoms with Crippen LogP contribution in [-0.2, 0) is 0 Å². The molecule has 2 aliphatic carbocycles. The van der Waals surface area contributed by atoms with Gasteiger partial charge in [-0.2, -0.15) is 0 Å². The van der Waals surface area contributed by atoms with Gasteiger partial charge in [0.25, 0.3) is 0 Å². The minimum atomic E-state index is 0. The van der Waals surface area contributed by atoms with Crippen molar-refractivity contribution >= 4 is 0 Å². The maximum absolute atomic E-state index is 2.46. The van der Waals surface area contributed by atoms with Crippen LogP contribution in [0.3, 0.4) is 0 Å². The zero-order valence-corrected chi connectivity index (χ0v) is 21.0. The second kappa shape index (κ2) is 12.0. The Hall–Kier alpha value is 1.38. The van der Waals surface area contributed by atoms with Crippen LogP contribution in [0.5, 0.6) is 0 Å². The van der Waals surface area contributed by atoms with Crippen molar-refractivity contribution in [2.24, 2.45) is 11.8 Å². The third kappa shape index (κ3) is 9.91. The Morgan fingerprint density at radius 3 is 1.17 bits per heavy atom. The van der Waals surface area contributed by atoms with Gasteiger partial charge in [-0.3, -0.25) is 0 Å². The Balaban J connectivity index is 0.00000264. The summed E-state index contributed by atoms with van der Waals surface area (Å²) in [6.07, 6.45) is 14.7. The van der Waals surface area contributed by atoms with Crippen molar-refractivity contribution < 1.29 is 56.9 Å². The van der Waals surface area contributed by atoms with Crippen LogP contribution in [0.1, 0.15) is 64.2 Å². The van der Waals surface area contributed by atoms with E-state index in [-0.39, 0.29) is 48.0 Å². The Bertz CT molecular complexity index is 288. The lowest BCUT2D eigenvalue weighted by molar-refractivity contribution is -0.900. The summed E-state index contributed by atoms with van der Waals surface area (Å²) in [6, 6.07) is 0. The molecule has 0 heterocycles. The lowest BCUT2D eigenvalue weighted by Gasteiger charge is -2.34. The molecule has 2 aliphatic rings. The average Bonchev–Trinajstić information content (AvgIpc) is 3.07. The highest BCUT2D eigenvalue weighted by molar-refractivity contribution is 4.67. The fourth-order valence-corrected chi connectivity index (χ4v) is 5.05. The molecule has 0 amide bonds. The number of quaternary nitrogens is 2. The fraction of sp³-hybridized carbons (Fsp3) is 1.00. The molecule has 0 aromatic heterocycles. The highest BCUT2D eigenvalue weighted by atomic mass is 127. The second-order valence-electron chi connectivity index (χ2n) is 9.69. The molecule has 146 valence electrons. The largest absolute Gasteiger partial charge is 1.00 e. The van der Waals surface area contributed by atoms with Crippen molar-refractivity contribution in [2.75, 3.05) is 54.4 Å². The molecule has 2 rings (SSSR count). The summed E-state index contributed by atoms with van der Waals surface area (Å²) in [4.78, 5) is 0. The number of unbranched alkanes of at least 4 members (excludes halogenated alkanes) is 1. The molecule has 0 atom stereocenters. The molecule has 0 aromatic rings. The summed E-state index contributed by atoms with van der Waals surface area (Å²) >= 11 is 0. The lowest BCUT2D eigenvalue weighted by Crippen LogP contribution is -3.00. The monoisotopic (exact) mass is 564 g/mol. The molecule has 2 saturated carbocycles. The van der Waals surface area contributed by atoms with Crippen LogP contribution in [0.4, 0.5) is 0 Å². The van der Waals surface area contributed by atoms with Crippen molar-refractivity contribution in [2.45, 2.75) is 64.2 Å². The summed E-state index contributed by atoms with van der Waals surface area (Å²) in [5, 5.41) is 0. The summed E-state index contributed by atoms with van der Waals surface area (Å²) < 4.78 is 2.50. The molecule has 2 fully saturated rings. The average molecular weight is 564 g/mol. The van der Waals surface area contributed by atoms with Gasteiger partial charge in [-0.15, -0.1) is 0 Å². The molecule has 0 saturated heterocycles. The van der Waals surface area contributed by atoms with Gasteiger partial charge in [-0.25, -0.2) is 0 Å². The van der Waals surface area contributed by atoms with E-state index in [1.807, 2.05) is 0 Å². The van der Waals surface area contributed by atoms with E-state index in [9.17, 15) is 0 Å². The molecule has 0 aliphatic heterocycles. The Labute approximate surface area is 186 Å². The van der Waals surface area contributed by atoms with E-state index in [4.69, 9.17) is 0 Å². The molecule has 0 spiro atoms. The van der Waals surface area contributed by atoms with Crippen molar-refractivity contribution in [3.05, 3.63) is 0 Å². The smallest absolute Gasteiger partial charge is 0.0811 e. The highest BCUT2D eigenvalue weighted by Gasteiger charge is 2.26. The van der Waals surface area contributed by atoms with Crippen molar-refractivity contribution in [1.82, 2.24) is 0 Å². The second-order valence-corrected chi connectivity index (χ2v) is 9.69. The maximum atomic E-state index is 2.46. The molecular weight excluding hydrogens is 522 g/mol. The molecule has 0 radical (unpaired) electrons. The summed E-state index contributed by atoms with van der Waals surface area (Å²) in [6.45, 7) is 5.58. The van der Waals surface area contributed by atoms with E-state index in [1.165, 1.54) is 99.4 Å². The molecule has 0 aromatic carbocycles. The van der Waals surface area contributed by atoms with E-state index in [1.54, 1.807) is 0 Å². The minimum Gasteiger partial charge on any atom is -1.00 e. The van der Waals surface area contributed by atoms with Crippen molar-refractivity contribution in [3.63, 3.8) is 0 Å². The van der Waals surface area contributed by atoms with Crippen LogP contribution in [-0.4, -0.2) is 63.3 Å². The van der Waals surface area contributed by atoms with Gasteiger partial charge in [-0.05, 0) is 25.7 Å². The fourth-order valence-electron chi connectivity index (χ4n) is 5.05. The molecule has 2 nitrogen and oxygen atoms in total. The molecule has 0 N–H and O–H groups in total. The van der Waals surface area contributed by atoms with Gasteiger partial charge in [0.2, 0.25) is 0 Å². The maximum Gasteiger partial charge on any atom is 0.0811 e. The summed E-state index contributed by atoms with van der Waals surface area (Å²) in [5.74, 6) is 2.04. The highest BCUT2D eigenvalue weighted by Crippen LogP contribution is 2.28. The Morgan fingerprint density at radius 2 is 0.875 bits per heavy atom. The standard InChI is InChI=1S/C20H42N2.2HI/c1-21(2,17-19-11-5-6-12-19)15-9-10-16-22(3,4)18-20-13-7-8-14-20;;/h19-20H,5-18H2,1-4H3;2*1H/q+2;;/p-2. The van der Waals surface area contributed by atoms with E-state index in [0.29, 0.717) is 0 Å². The van der Waals surface area contributed by atoms with Gasteiger partial charge in [0, 0.05) is 24.7 Å². The first-order chi connectivity index (χ1) is 10.4. The molecule has 0 unspecified atom stereocenters. The van der Waals surface area contributed by atoms with Gasteiger partial charge < -0.3 is 56.9 Å². The predicted octanol–water partition coefficient (Wildman–Crippen LogP) is -1.69. The van der Waals surface area contributed by atoms with Crippen molar-refractivity contribution in [3.8, 4) is 0 Å². The van der Waals surface area contributed by atoms with Gasteiger partial charge in [0.05, 0.1) is 54.4 Å².